The fourth-order valence-corrected chi connectivity index (χ4v) is 2.08. The summed E-state index contributed by atoms with van der Waals surface area (Å²) in [6.07, 6.45) is 1.01. The van der Waals surface area contributed by atoms with Crippen LogP contribution in [0.5, 0.6) is 11.5 Å². The van der Waals surface area contributed by atoms with Crippen molar-refractivity contribution in [2.75, 3.05) is 13.7 Å². The van der Waals surface area contributed by atoms with Crippen LogP contribution in [-0.2, 0) is 13.0 Å². The van der Waals surface area contributed by atoms with Crippen LogP contribution in [0.25, 0.3) is 0 Å². The SMILES string of the molecule is COc1c(O)cc(C)c2c1CNCC2. The minimum absolute atomic E-state index is 0.243. The Bertz CT molecular complexity index is 341. The lowest BCUT2D eigenvalue weighted by Gasteiger charge is -2.22. The third-order valence-corrected chi connectivity index (χ3v) is 2.76. The van der Waals surface area contributed by atoms with E-state index >= 15 is 0 Å². The van der Waals surface area contributed by atoms with Gasteiger partial charge in [-0.1, -0.05) is 0 Å². The second-order valence-electron chi connectivity index (χ2n) is 3.63. The summed E-state index contributed by atoms with van der Waals surface area (Å²) in [5, 5.41) is 13.0. The number of rotatable bonds is 1. The maximum absolute atomic E-state index is 9.69. The first kappa shape index (κ1) is 9.34. The standard InChI is InChI=1S/C11H15NO2/c1-7-5-10(13)11(14-2)9-6-12-4-3-8(7)9/h5,12-13H,3-4,6H2,1-2H3. The van der Waals surface area contributed by atoms with Crippen molar-refractivity contribution in [3.8, 4) is 11.5 Å². The van der Waals surface area contributed by atoms with Crippen LogP contribution in [0.4, 0.5) is 0 Å². The van der Waals surface area contributed by atoms with Gasteiger partial charge in [0.05, 0.1) is 7.11 Å². The summed E-state index contributed by atoms with van der Waals surface area (Å²) in [7, 11) is 1.60. The molecule has 0 aliphatic carbocycles. The van der Waals surface area contributed by atoms with Crippen molar-refractivity contribution in [1.82, 2.24) is 5.32 Å². The predicted octanol–water partition coefficient (Wildman–Crippen LogP) is 1.35. The number of hydrogen-bond donors (Lipinski definition) is 2. The van der Waals surface area contributed by atoms with E-state index in [1.54, 1.807) is 13.2 Å². The summed E-state index contributed by atoms with van der Waals surface area (Å²) in [6, 6.07) is 1.78. The van der Waals surface area contributed by atoms with Gasteiger partial charge in [0.15, 0.2) is 11.5 Å². The Labute approximate surface area is 83.7 Å². The number of phenols is 1. The Kier molecular flexibility index (Phi) is 2.33. The van der Waals surface area contributed by atoms with Crippen LogP contribution in [0, 0.1) is 6.92 Å². The maximum Gasteiger partial charge on any atom is 0.165 e. The van der Waals surface area contributed by atoms with Crippen LogP contribution in [0.2, 0.25) is 0 Å². The Hall–Kier alpha value is -1.22. The molecule has 0 spiro atoms. The molecule has 0 saturated carbocycles. The number of phenolic OH excluding ortho intramolecular Hbond substituents is 1. The van der Waals surface area contributed by atoms with E-state index in [0.717, 1.165) is 30.6 Å². The van der Waals surface area contributed by atoms with E-state index in [-0.39, 0.29) is 5.75 Å². The summed E-state index contributed by atoms with van der Waals surface area (Å²) in [6.45, 7) is 3.82. The molecule has 14 heavy (non-hydrogen) atoms. The molecule has 1 aromatic rings. The molecule has 2 N–H and O–H groups in total. The second-order valence-corrected chi connectivity index (χ2v) is 3.63. The van der Waals surface area contributed by atoms with Crippen molar-refractivity contribution in [1.29, 1.82) is 0 Å². The van der Waals surface area contributed by atoms with Gasteiger partial charge >= 0.3 is 0 Å². The van der Waals surface area contributed by atoms with E-state index < -0.39 is 0 Å². The number of hydrogen-bond acceptors (Lipinski definition) is 3. The first-order chi connectivity index (χ1) is 6.74. The fraction of sp³-hybridized carbons (Fsp3) is 0.455. The Morgan fingerprint density at radius 2 is 2.21 bits per heavy atom. The molecule has 3 nitrogen and oxygen atoms in total. The van der Waals surface area contributed by atoms with Crippen LogP contribution in [0.15, 0.2) is 6.07 Å². The Morgan fingerprint density at radius 1 is 1.43 bits per heavy atom. The number of methoxy groups -OCH3 is 1. The number of fused-ring (bicyclic) bond motifs is 1. The van der Waals surface area contributed by atoms with Crippen LogP contribution >= 0.6 is 0 Å². The number of nitrogens with one attached hydrogen (secondary N) is 1. The lowest BCUT2D eigenvalue weighted by molar-refractivity contribution is 0.365. The van der Waals surface area contributed by atoms with Crippen LogP contribution in [0.3, 0.4) is 0 Å². The molecule has 2 rings (SSSR count). The molecule has 0 aromatic heterocycles. The summed E-state index contributed by atoms with van der Waals surface area (Å²) in [5.74, 6) is 0.866. The molecule has 1 aliphatic rings. The van der Waals surface area contributed by atoms with E-state index in [1.165, 1.54) is 5.56 Å². The predicted molar refractivity (Wildman–Crippen MR) is 54.8 cm³/mol. The normalized spacial score (nSPS) is 15.0. The summed E-state index contributed by atoms with van der Waals surface area (Å²) in [4.78, 5) is 0. The lowest BCUT2D eigenvalue weighted by Crippen LogP contribution is -2.24. The average molecular weight is 193 g/mol. The number of ether oxygens (including phenoxy) is 1. The summed E-state index contributed by atoms with van der Waals surface area (Å²) < 4.78 is 5.21. The Morgan fingerprint density at radius 3 is 2.93 bits per heavy atom. The van der Waals surface area contributed by atoms with Gasteiger partial charge in [0.1, 0.15) is 0 Å². The molecule has 1 aromatic carbocycles. The Balaban J connectivity index is 2.61. The highest BCUT2D eigenvalue weighted by Gasteiger charge is 2.18. The molecule has 0 atom stereocenters. The van der Waals surface area contributed by atoms with Crippen LogP contribution < -0.4 is 10.1 Å². The van der Waals surface area contributed by atoms with Crippen LogP contribution in [0.1, 0.15) is 16.7 Å². The van der Waals surface area contributed by atoms with Gasteiger partial charge in [-0.2, -0.15) is 0 Å². The van der Waals surface area contributed by atoms with Gasteiger partial charge < -0.3 is 15.2 Å². The van der Waals surface area contributed by atoms with E-state index in [9.17, 15) is 5.11 Å². The zero-order chi connectivity index (χ0) is 10.1. The maximum atomic E-state index is 9.69. The van der Waals surface area contributed by atoms with E-state index in [1.807, 2.05) is 6.92 Å². The molecule has 3 heteroatoms. The van der Waals surface area contributed by atoms with Crippen molar-refractivity contribution >= 4 is 0 Å². The minimum Gasteiger partial charge on any atom is -0.504 e. The first-order valence-corrected chi connectivity index (χ1v) is 4.83. The van der Waals surface area contributed by atoms with Crippen molar-refractivity contribution in [3.05, 3.63) is 22.8 Å². The topological polar surface area (TPSA) is 41.5 Å². The highest BCUT2D eigenvalue weighted by atomic mass is 16.5. The molecular weight excluding hydrogens is 178 g/mol. The third kappa shape index (κ3) is 1.34. The number of aromatic hydroxyl groups is 1. The van der Waals surface area contributed by atoms with E-state index in [4.69, 9.17) is 4.74 Å². The molecule has 0 unspecified atom stereocenters. The molecule has 0 saturated heterocycles. The van der Waals surface area contributed by atoms with Gasteiger partial charge in [0, 0.05) is 12.1 Å². The molecule has 0 bridgehead atoms. The quantitative estimate of drug-likeness (QED) is 0.707. The molecule has 0 amide bonds. The van der Waals surface area contributed by atoms with Gasteiger partial charge in [-0.3, -0.25) is 0 Å². The fourth-order valence-electron chi connectivity index (χ4n) is 2.08. The largest absolute Gasteiger partial charge is 0.504 e. The highest BCUT2D eigenvalue weighted by Crippen LogP contribution is 2.36. The summed E-state index contributed by atoms with van der Waals surface area (Å²) in [5.41, 5.74) is 3.58. The zero-order valence-corrected chi connectivity index (χ0v) is 8.55. The zero-order valence-electron chi connectivity index (χ0n) is 8.55. The van der Waals surface area contributed by atoms with Crippen molar-refractivity contribution in [2.45, 2.75) is 19.9 Å². The van der Waals surface area contributed by atoms with E-state index in [0.29, 0.717) is 5.75 Å². The molecule has 1 heterocycles. The van der Waals surface area contributed by atoms with Gasteiger partial charge in [0.25, 0.3) is 0 Å². The van der Waals surface area contributed by atoms with Gasteiger partial charge in [-0.15, -0.1) is 0 Å². The highest BCUT2D eigenvalue weighted by molar-refractivity contribution is 5.54. The van der Waals surface area contributed by atoms with Gasteiger partial charge in [-0.25, -0.2) is 0 Å². The molecular formula is C11H15NO2. The molecule has 76 valence electrons. The van der Waals surface area contributed by atoms with Crippen LogP contribution in [-0.4, -0.2) is 18.8 Å². The van der Waals surface area contributed by atoms with E-state index in [2.05, 4.69) is 5.32 Å². The van der Waals surface area contributed by atoms with Crippen molar-refractivity contribution in [3.63, 3.8) is 0 Å². The monoisotopic (exact) mass is 193 g/mol. The summed E-state index contributed by atoms with van der Waals surface area (Å²) >= 11 is 0. The minimum atomic E-state index is 0.243. The number of aryl methyl sites for hydroxylation is 1. The van der Waals surface area contributed by atoms with Gasteiger partial charge in [-0.05, 0) is 37.1 Å². The average Bonchev–Trinajstić information content (AvgIpc) is 2.18. The molecule has 0 fully saturated rings. The lowest BCUT2D eigenvalue weighted by atomic mass is 9.95. The smallest absolute Gasteiger partial charge is 0.165 e. The first-order valence-electron chi connectivity index (χ1n) is 4.83. The number of benzene rings is 1. The van der Waals surface area contributed by atoms with Crippen molar-refractivity contribution in [2.24, 2.45) is 0 Å². The van der Waals surface area contributed by atoms with Crippen molar-refractivity contribution < 1.29 is 9.84 Å². The third-order valence-electron chi connectivity index (χ3n) is 2.76. The van der Waals surface area contributed by atoms with Gasteiger partial charge in [0.2, 0.25) is 0 Å². The molecule has 0 radical (unpaired) electrons. The second kappa shape index (κ2) is 3.50. The molecule has 1 aliphatic heterocycles.